The van der Waals surface area contributed by atoms with Crippen LogP contribution in [0.1, 0.15) is 46.5 Å². The molecule has 4 atom stereocenters. The molecule has 2 aliphatic carbocycles. The van der Waals surface area contributed by atoms with Crippen LogP contribution in [-0.2, 0) is 4.79 Å². The molecule has 3 nitrogen and oxygen atoms in total. The van der Waals surface area contributed by atoms with Gasteiger partial charge in [-0.1, -0.05) is 20.8 Å². The van der Waals surface area contributed by atoms with E-state index in [0.29, 0.717) is 16.9 Å². The molecule has 3 fully saturated rings. The topological polar surface area (TPSA) is 32.3 Å². The Labute approximate surface area is 110 Å². The molecule has 0 aromatic rings. The molecule has 18 heavy (non-hydrogen) atoms. The second-order valence-electron chi connectivity index (χ2n) is 7.62. The number of nitrogens with zero attached hydrogens (tertiary/aromatic N) is 1. The third kappa shape index (κ3) is 1.56. The number of amides is 1. The number of rotatable bonds is 2. The zero-order chi connectivity index (χ0) is 13.1. The van der Waals surface area contributed by atoms with Crippen LogP contribution in [0.2, 0.25) is 0 Å². The Kier molecular flexibility index (Phi) is 2.58. The van der Waals surface area contributed by atoms with E-state index >= 15 is 0 Å². The van der Waals surface area contributed by atoms with Crippen molar-refractivity contribution in [3.05, 3.63) is 0 Å². The van der Waals surface area contributed by atoms with Crippen LogP contribution in [-0.4, -0.2) is 36.5 Å². The van der Waals surface area contributed by atoms with Crippen LogP contribution in [0.5, 0.6) is 0 Å². The summed E-state index contributed by atoms with van der Waals surface area (Å²) >= 11 is 0. The van der Waals surface area contributed by atoms with Crippen LogP contribution >= 0.6 is 0 Å². The molecule has 0 aromatic heterocycles. The number of hydrogen-bond donors (Lipinski definition) is 1. The van der Waals surface area contributed by atoms with E-state index in [0.717, 1.165) is 18.9 Å². The molecule has 0 spiro atoms. The van der Waals surface area contributed by atoms with E-state index < -0.39 is 0 Å². The van der Waals surface area contributed by atoms with Crippen LogP contribution in [0, 0.1) is 16.7 Å². The molecule has 3 heteroatoms. The van der Waals surface area contributed by atoms with Gasteiger partial charge in [-0.25, -0.2) is 0 Å². The minimum Gasteiger partial charge on any atom is -0.344 e. The third-order valence-corrected chi connectivity index (χ3v) is 6.07. The van der Waals surface area contributed by atoms with Gasteiger partial charge < -0.3 is 10.2 Å². The maximum atomic E-state index is 12.1. The Morgan fingerprint density at radius 1 is 1.28 bits per heavy atom. The summed E-state index contributed by atoms with van der Waals surface area (Å²) in [6.07, 6.45) is 5.02. The summed E-state index contributed by atoms with van der Waals surface area (Å²) in [7, 11) is 1.91. The zero-order valence-electron chi connectivity index (χ0n) is 12.1. The average molecular weight is 250 g/mol. The lowest BCUT2D eigenvalue weighted by Gasteiger charge is -2.44. The van der Waals surface area contributed by atoms with E-state index in [9.17, 15) is 4.79 Å². The van der Waals surface area contributed by atoms with Gasteiger partial charge in [-0.2, -0.15) is 0 Å². The predicted molar refractivity (Wildman–Crippen MR) is 72.2 cm³/mol. The summed E-state index contributed by atoms with van der Waals surface area (Å²) in [4.78, 5) is 13.9. The van der Waals surface area contributed by atoms with Crippen molar-refractivity contribution in [3.8, 4) is 0 Å². The number of likely N-dealkylation sites (tertiary alicyclic amines) is 1. The highest BCUT2D eigenvalue weighted by atomic mass is 16.2. The molecule has 2 saturated carbocycles. The second-order valence-corrected chi connectivity index (χ2v) is 7.62. The Bertz CT molecular complexity index is 374. The fourth-order valence-electron chi connectivity index (χ4n) is 4.90. The van der Waals surface area contributed by atoms with E-state index in [1.165, 1.54) is 19.3 Å². The van der Waals surface area contributed by atoms with E-state index in [1.807, 2.05) is 11.9 Å². The van der Waals surface area contributed by atoms with Crippen molar-refractivity contribution in [3.63, 3.8) is 0 Å². The number of fused-ring (bicyclic) bond motifs is 2. The first-order chi connectivity index (χ1) is 8.34. The minimum atomic E-state index is 0.0652. The van der Waals surface area contributed by atoms with E-state index in [4.69, 9.17) is 0 Å². The fraction of sp³-hybridized carbons (Fsp3) is 0.933. The molecular formula is C15H26N2O. The molecule has 0 radical (unpaired) electrons. The number of likely N-dealkylation sites (N-methyl/N-ethyl adjacent to an activating group) is 1. The van der Waals surface area contributed by atoms with Gasteiger partial charge in [-0.05, 0) is 42.4 Å². The van der Waals surface area contributed by atoms with Gasteiger partial charge in [0.2, 0.25) is 5.91 Å². The van der Waals surface area contributed by atoms with Crippen molar-refractivity contribution in [2.75, 3.05) is 13.6 Å². The van der Waals surface area contributed by atoms with E-state index in [2.05, 4.69) is 26.1 Å². The lowest BCUT2D eigenvalue weighted by atomic mass is 9.68. The van der Waals surface area contributed by atoms with Gasteiger partial charge in [0, 0.05) is 19.6 Å². The first-order valence-corrected chi connectivity index (χ1v) is 7.36. The lowest BCUT2D eigenvalue weighted by molar-refractivity contribution is -0.128. The molecule has 3 rings (SSSR count). The predicted octanol–water partition coefficient (Wildman–Crippen LogP) is 2.02. The number of nitrogens with one attached hydrogen (secondary N) is 1. The number of carbonyl (C=O) groups excluding carboxylic acids is 1. The Balaban J connectivity index is 1.78. The summed E-state index contributed by atoms with van der Waals surface area (Å²) in [5, 5.41) is 3.73. The van der Waals surface area contributed by atoms with Crippen molar-refractivity contribution < 1.29 is 4.79 Å². The van der Waals surface area contributed by atoms with Gasteiger partial charge >= 0.3 is 0 Å². The van der Waals surface area contributed by atoms with Crippen LogP contribution in [0.4, 0.5) is 0 Å². The molecular weight excluding hydrogens is 224 g/mol. The smallest absolute Gasteiger partial charge is 0.239 e. The minimum absolute atomic E-state index is 0.0652. The van der Waals surface area contributed by atoms with E-state index in [1.54, 1.807) is 0 Å². The second kappa shape index (κ2) is 3.72. The van der Waals surface area contributed by atoms with Crippen LogP contribution in [0.25, 0.3) is 0 Å². The quantitative estimate of drug-likeness (QED) is 0.813. The number of hydrogen-bond acceptors (Lipinski definition) is 2. The van der Waals surface area contributed by atoms with Crippen molar-refractivity contribution in [2.24, 2.45) is 16.7 Å². The summed E-state index contributed by atoms with van der Waals surface area (Å²) < 4.78 is 0. The highest BCUT2D eigenvalue weighted by molar-refractivity contribution is 5.83. The highest BCUT2D eigenvalue weighted by Crippen LogP contribution is 2.62. The first-order valence-electron chi connectivity index (χ1n) is 7.36. The average Bonchev–Trinajstić information content (AvgIpc) is 2.87. The molecule has 1 heterocycles. The SMILES string of the molecule is CN1CCC(NC2C(C)(C)[C@H]3CC[C@]2(C)C3)C1=O. The molecule has 1 saturated heterocycles. The maximum absolute atomic E-state index is 12.1. The molecule has 102 valence electrons. The molecule has 0 aromatic carbocycles. The Morgan fingerprint density at radius 2 is 2.00 bits per heavy atom. The summed E-state index contributed by atoms with van der Waals surface area (Å²) in [6.45, 7) is 8.11. The molecule has 2 bridgehead atoms. The highest BCUT2D eigenvalue weighted by Gasteiger charge is 2.59. The number of carbonyl (C=O) groups is 1. The summed E-state index contributed by atoms with van der Waals surface area (Å²) in [5.41, 5.74) is 0.754. The molecule has 1 amide bonds. The largest absolute Gasteiger partial charge is 0.344 e. The van der Waals surface area contributed by atoms with Gasteiger partial charge in [0.1, 0.15) is 0 Å². The molecule has 1 N–H and O–H groups in total. The van der Waals surface area contributed by atoms with Crippen molar-refractivity contribution >= 4 is 5.91 Å². The van der Waals surface area contributed by atoms with Gasteiger partial charge in [0.25, 0.3) is 0 Å². The lowest BCUT2D eigenvalue weighted by Crippen LogP contribution is -2.55. The van der Waals surface area contributed by atoms with Gasteiger partial charge in [-0.3, -0.25) is 4.79 Å². The monoisotopic (exact) mass is 250 g/mol. The van der Waals surface area contributed by atoms with Crippen molar-refractivity contribution in [1.82, 2.24) is 10.2 Å². The van der Waals surface area contributed by atoms with Crippen LogP contribution in [0.15, 0.2) is 0 Å². The van der Waals surface area contributed by atoms with Gasteiger partial charge in [-0.15, -0.1) is 0 Å². The van der Waals surface area contributed by atoms with Gasteiger partial charge in [0.15, 0.2) is 0 Å². The van der Waals surface area contributed by atoms with Gasteiger partial charge in [0.05, 0.1) is 6.04 Å². The fourth-order valence-corrected chi connectivity index (χ4v) is 4.90. The van der Waals surface area contributed by atoms with E-state index in [-0.39, 0.29) is 11.9 Å². The molecule has 2 unspecified atom stereocenters. The van der Waals surface area contributed by atoms with Crippen molar-refractivity contribution in [2.45, 2.75) is 58.5 Å². The zero-order valence-corrected chi connectivity index (χ0v) is 12.1. The van der Waals surface area contributed by atoms with Crippen molar-refractivity contribution in [1.29, 1.82) is 0 Å². The maximum Gasteiger partial charge on any atom is 0.239 e. The first kappa shape index (κ1) is 12.5. The Morgan fingerprint density at radius 3 is 2.50 bits per heavy atom. The normalized spacial score (nSPS) is 46.1. The molecule has 3 aliphatic rings. The Hall–Kier alpha value is -0.570. The van der Waals surface area contributed by atoms with Crippen LogP contribution < -0.4 is 5.32 Å². The summed E-state index contributed by atoms with van der Waals surface area (Å²) in [6, 6.07) is 0.569. The third-order valence-electron chi connectivity index (χ3n) is 6.07. The summed E-state index contributed by atoms with van der Waals surface area (Å²) in [5.74, 6) is 1.13. The molecule has 1 aliphatic heterocycles. The van der Waals surface area contributed by atoms with Crippen LogP contribution in [0.3, 0.4) is 0 Å². The standard InChI is InChI=1S/C15H26N2O/c1-14(2)10-5-7-15(3,9-10)13(14)16-11-6-8-17(4)12(11)18/h10-11,13,16H,5-9H2,1-4H3/t10-,11?,13?,15+/m0/s1.